The van der Waals surface area contributed by atoms with Gasteiger partial charge in [0, 0.05) is 30.2 Å². The van der Waals surface area contributed by atoms with Crippen LogP contribution in [0.3, 0.4) is 0 Å². The van der Waals surface area contributed by atoms with E-state index in [-0.39, 0.29) is 23.7 Å². The third-order valence-corrected chi connectivity index (χ3v) is 4.82. The number of amidine groups is 1. The van der Waals surface area contributed by atoms with Crippen molar-refractivity contribution in [1.29, 1.82) is 0 Å². The summed E-state index contributed by atoms with van der Waals surface area (Å²) in [5, 5.41) is 0.190. The summed E-state index contributed by atoms with van der Waals surface area (Å²) in [7, 11) is 15.8. The number of hydrogen-bond donors (Lipinski definition) is 2. The average Bonchev–Trinajstić information content (AvgIpc) is 2.71. The van der Waals surface area contributed by atoms with Gasteiger partial charge in [-0.25, -0.2) is 26.9 Å². The zero-order valence-electron chi connectivity index (χ0n) is 16.9. The highest BCUT2D eigenvalue weighted by Gasteiger charge is 2.58. The smallest absolute Gasteiger partial charge is 0.280 e. The highest BCUT2D eigenvalue weighted by Crippen LogP contribution is 2.48. The second-order valence-corrected chi connectivity index (χ2v) is 7.41. The highest BCUT2D eigenvalue weighted by molar-refractivity contribution is 6.58. The number of ether oxygens (including phenoxy) is 1. The van der Waals surface area contributed by atoms with Crippen LogP contribution in [0.15, 0.2) is 35.5 Å². The molecule has 1 aliphatic heterocycles. The normalized spacial score (nSPS) is 20.1. The Morgan fingerprint density at radius 3 is 2.52 bits per heavy atom. The van der Waals surface area contributed by atoms with Crippen LogP contribution in [0.1, 0.15) is 28.9 Å². The molecule has 0 saturated heterocycles. The van der Waals surface area contributed by atoms with Crippen molar-refractivity contribution in [2.45, 2.75) is 29.6 Å². The summed E-state index contributed by atoms with van der Waals surface area (Å²) in [5.74, 6) is -8.46. The van der Waals surface area contributed by atoms with Crippen LogP contribution in [0.5, 0.6) is 5.75 Å². The first-order valence-corrected chi connectivity index (χ1v) is 9.38. The number of anilines is 1. The summed E-state index contributed by atoms with van der Waals surface area (Å²) in [6.45, 7) is -1.86. The maximum atomic E-state index is 14.7. The Labute approximate surface area is 189 Å². The van der Waals surface area contributed by atoms with Crippen LogP contribution in [0.4, 0.5) is 27.6 Å². The van der Waals surface area contributed by atoms with Gasteiger partial charge in [-0.1, -0.05) is 0 Å². The van der Waals surface area contributed by atoms with E-state index in [1.807, 2.05) is 0 Å². The number of hydrogen-bond acceptors (Lipinski definition) is 5. The summed E-state index contributed by atoms with van der Waals surface area (Å²) in [6, 6.07) is 3.63. The topological polar surface area (TPSA) is 89.6 Å². The molecule has 0 spiro atoms. The summed E-state index contributed by atoms with van der Waals surface area (Å²) in [5.41, 5.74) is 0.659. The van der Waals surface area contributed by atoms with E-state index >= 15 is 0 Å². The van der Waals surface area contributed by atoms with Gasteiger partial charge in [0.1, 0.15) is 41.7 Å². The number of nitrogens with one attached hydrogen (secondary N) is 1. The molecule has 2 aromatic rings. The molecule has 3 N–H and O–H groups in total. The molecule has 1 aliphatic rings. The summed E-state index contributed by atoms with van der Waals surface area (Å²) in [4.78, 5) is 19.7. The number of amides is 1. The zero-order chi connectivity index (χ0) is 24.6. The monoisotopic (exact) mass is 458 g/mol. The van der Waals surface area contributed by atoms with Crippen LogP contribution >= 0.6 is 0 Å². The van der Waals surface area contributed by atoms with Crippen LogP contribution in [0.2, 0.25) is 0 Å². The molecular formula is C19H14B3F5N4O2. The molecule has 1 aromatic carbocycles. The Morgan fingerprint density at radius 2 is 1.94 bits per heavy atom. The predicted octanol–water partition coefficient (Wildman–Crippen LogP) is 2.06. The summed E-state index contributed by atoms with van der Waals surface area (Å²) < 4.78 is 77.1. The SMILES string of the molecule is [B]C([B])([B])Oc1ccc(C(=O)Nc2cc(F)c(F)c([C@@]3(CF)N=C(N)CCC3(F)F)c2)nc1. The predicted molar refractivity (Wildman–Crippen MR) is 113 cm³/mol. The lowest BCUT2D eigenvalue weighted by Gasteiger charge is -2.39. The molecule has 6 nitrogen and oxygen atoms in total. The molecular weight excluding hydrogens is 444 g/mol. The van der Waals surface area contributed by atoms with Gasteiger partial charge < -0.3 is 15.8 Å². The lowest BCUT2D eigenvalue weighted by Crippen LogP contribution is -2.51. The Bertz CT molecular complexity index is 1100. The van der Waals surface area contributed by atoms with Crippen LogP contribution in [-0.4, -0.2) is 58.2 Å². The second kappa shape index (κ2) is 8.71. The fourth-order valence-corrected chi connectivity index (χ4v) is 3.27. The van der Waals surface area contributed by atoms with Gasteiger partial charge in [0.15, 0.2) is 17.2 Å². The summed E-state index contributed by atoms with van der Waals surface area (Å²) in [6.07, 6.45) is -0.205. The number of nitrogens with two attached hydrogens (primary N) is 1. The van der Waals surface area contributed by atoms with Crippen molar-refractivity contribution in [2.75, 3.05) is 12.0 Å². The first kappa shape index (κ1) is 24.6. The number of nitrogens with zero attached hydrogens (tertiary/aromatic N) is 2. The maximum absolute atomic E-state index is 14.7. The number of aromatic nitrogens is 1. The van der Waals surface area contributed by atoms with Gasteiger partial charge in [0.2, 0.25) is 0 Å². The van der Waals surface area contributed by atoms with Crippen molar-refractivity contribution < 1.29 is 31.5 Å². The largest absolute Gasteiger partial charge is 0.514 e. The second-order valence-electron chi connectivity index (χ2n) is 7.41. The minimum atomic E-state index is -3.87. The minimum Gasteiger partial charge on any atom is -0.514 e. The van der Waals surface area contributed by atoms with Crippen LogP contribution in [0, 0.1) is 11.6 Å². The molecule has 166 valence electrons. The molecule has 6 radical (unpaired) electrons. The molecule has 2 heterocycles. The number of carbonyl (C=O) groups is 1. The van der Waals surface area contributed by atoms with E-state index in [1.54, 1.807) is 0 Å². The van der Waals surface area contributed by atoms with E-state index < -0.39 is 58.6 Å². The number of halogens is 5. The third-order valence-electron chi connectivity index (χ3n) is 4.82. The molecule has 1 aromatic heterocycles. The molecule has 33 heavy (non-hydrogen) atoms. The highest BCUT2D eigenvalue weighted by atomic mass is 19.3. The van der Waals surface area contributed by atoms with Crippen LogP contribution < -0.4 is 15.8 Å². The molecule has 1 atom stereocenters. The van der Waals surface area contributed by atoms with Gasteiger partial charge in [-0.3, -0.25) is 9.79 Å². The lowest BCUT2D eigenvalue weighted by atomic mass is 9.52. The van der Waals surface area contributed by atoms with Gasteiger partial charge in [-0.15, -0.1) is 0 Å². The Hall–Kier alpha value is -3.05. The Kier molecular flexibility index (Phi) is 6.50. The summed E-state index contributed by atoms with van der Waals surface area (Å²) >= 11 is 0. The van der Waals surface area contributed by atoms with Gasteiger partial charge in [-0.2, -0.15) is 0 Å². The van der Waals surface area contributed by atoms with E-state index in [9.17, 15) is 26.7 Å². The van der Waals surface area contributed by atoms with Gasteiger partial charge in [0.25, 0.3) is 11.8 Å². The number of carbonyl (C=O) groups excluding carboxylic acids is 1. The number of aliphatic imine (C=N–C) groups is 1. The van der Waals surface area contributed by atoms with Gasteiger partial charge in [0.05, 0.1) is 12.0 Å². The van der Waals surface area contributed by atoms with E-state index in [2.05, 4.69) is 15.3 Å². The lowest BCUT2D eigenvalue weighted by molar-refractivity contribution is -0.0960. The van der Waals surface area contributed by atoms with Crippen molar-refractivity contribution >= 4 is 41.0 Å². The van der Waals surface area contributed by atoms with Crippen molar-refractivity contribution in [3.8, 4) is 5.75 Å². The van der Waals surface area contributed by atoms with E-state index in [1.165, 1.54) is 12.1 Å². The molecule has 0 aliphatic carbocycles. The molecule has 14 heteroatoms. The van der Waals surface area contributed by atoms with Crippen LogP contribution in [-0.2, 0) is 5.54 Å². The van der Waals surface area contributed by atoms with E-state index in [0.717, 1.165) is 6.20 Å². The minimum absolute atomic E-state index is 0.0223. The average molecular weight is 458 g/mol. The number of pyridine rings is 1. The van der Waals surface area contributed by atoms with Crippen molar-refractivity contribution in [2.24, 2.45) is 10.7 Å². The Balaban J connectivity index is 1.95. The molecule has 3 rings (SSSR count). The number of benzene rings is 1. The first-order valence-electron chi connectivity index (χ1n) is 9.38. The van der Waals surface area contributed by atoms with Gasteiger partial charge in [-0.05, 0) is 23.5 Å². The van der Waals surface area contributed by atoms with E-state index in [0.29, 0.717) is 12.1 Å². The van der Waals surface area contributed by atoms with Crippen molar-refractivity contribution in [3.05, 3.63) is 53.4 Å². The quantitative estimate of drug-likeness (QED) is 0.513. The van der Waals surface area contributed by atoms with Crippen molar-refractivity contribution in [3.63, 3.8) is 0 Å². The molecule has 1 amide bonds. The fraction of sp³-hybridized carbons (Fsp3) is 0.316. The molecule has 0 saturated carbocycles. The molecule has 0 bridgehead atoms. The fourth-order valence-electron chi connectivity index (χ4n) is 3.27. The van der Waals surface area contributed by atoms with Gasteiger partial charge >= 0.3 is 0 Å². The standard InChI is InChI=1S/C19H14B3F5N4O2/c20-19(21,22)33-10-1-2-13(29-7-10)16(32)30-9-5-11(15(25)12(24)6-9)17(8-23)18(26,27)4-3-14(28)31-17/h1-2,5-7H,3-4,8H2,(H2,28,31)(H,30,32)/t17-/m1/s1. The maximum Gasteiger partial charge on any atom is 0.280 e. The number of alkyl halides is 3. The van der Waals surface area contributed by atoms with E-state index in [4.69, 9.17) is 34.0 Å². The third kappa shape index (κ3) is 4.99. The molecule has 0 fully saturated rings. The number of rotatable bonds is 6. The zero-order valence-corrected chi connectivity index (χ0v) is 16.9. The first-order chi connectivity index (χ1) is 15.3. The molecule has 0 unspecified atom stereocenters. The Morgan fingerprint density at radius 1 is 1.24 bits per heavy atom. The van der Waals surface area contributed by atoms with Crippen LogP contribution in [0.25, 0.3) is 0 Å². The van der Waals surface area contributed by atoms with Crippen molar-refractivity contribution in [1.82, 2.24) is 4.98 Å².